The normalized spacial score (nSPS) is 23.6. The molecule has 0 bridgehead atoms. The molecule has 2 aromatic rings. The maximum absolute atomic E-state index is 6.19. The molecule has 0 saturated carbocycles. The summed E-state index contributed by atoms with van der Waals surface area (Å²) >= 11 is 1.85. The van der Waals surface area contributed by atoms with E-state index in [0.29, 0.717) is 12.0 Å². The molecule has 0 spiro atoms. The largest absolute Gasteiger partial charge is 0.373 e. The standard InChI is InChI=1S/C25H36N4OS/c1-19-9-11-20(12-10-19)24-21(7-5-15-30-24)17-27-25(26-2)28-18-22(23-8-6-16-31-23)29-13-3-4-14-29/h6,8-12,16,21-22,24H,3-5,7,13-15,17-18H2,1-2H3,(H2,26,27,28). The molecule has 3 heterocycles. The quantitative estimate of drug-likeness (QED) is 0.491. The molecular formula is C25H36N4OS. The number of hydrogen-bond donors (Lipinski definition) is 2. The molecule has 5 nitrogen and oxygen atoms in total. The second-order valence-corrected chi connectivity index (χ2v) is 9.69. The molecule has 31 heavy (non-hydrogen) atoms. The van der Waals surface area contributed by atoms with Crippen LogP contribution in [0.1, 0.15) is 53.8 Å². The van der Waals surface area contributed by atoms with Gasteiger partial charge in [0.1, 0.15) is 0 Å². The minimum atomic E-state index is 0.156. The van der Waals surface area contributed by atoms with Gasteiger partial charge in [0.15, 0.2) is 5.96 Å². The Hall–Kier alpha value is -1.89. The van der Waals surface area contributed by atoms with Crippen molar-refractivity contribution >= 4 is 17.3 Å². The van der Waals surface area contributed by atoms with Crippen LogP contribution in [0.5, 0.6) is 0 Å². The van der Waals surface area contributed by atoms with Gasteiger partial charge in [-0.25, -0.2) is 0 Å². The van der Waals surface area contributed by atoms with E-state index in [1.54, 1.807) is 0 Å². The monoisotopic (exact) mass is 440 g/mol. The van der Waals surface area contributed by atoms with Crippen molar-refractivity contribution in [3.05, 3.63) is 57.8 Å². The Balaban J connectivity index is 1.34. The summed E-state index contributed by atoms with van der Waals surface area (Å²) in [7, 11) is 1.86. The van der Waals surface area contributed by atoms with Crippen LogP contribution in [0.25, 0.3) is 0 Å². The van der Waals surface area contributed by atoms with E-state index in [2.05, 4.69) is 69.2 Å². The zero-order valence-electron chi connectivity index (χ0n) is 18.8. The van der Waals surface area contributed by atoms with Crippen LogP contribution in [0.4, 0.5) is 0 Å². The van der Waals surface area contributed by atoms with Crippen molar-refractivity contribution in [1.82, 2.24) is 15.5 Å². The van der Waals surface area contributed by atoms with Gasteiger partial charge in [-0.15, -0.1) is 11.3 Å². The molecule has 3 unspecified atom stereocenters. The highest BCUT2D eigenvalue weighted by atomic mass is 32.1. The third kappa shape index (κ3) is 5.88. The van der Waals surface area contributed by atoms with Crippen LogP contribution in [0.15, 0.2) is 46.8 Å². The molecule has 1 aromatic carbocycles. The number of benzene rings is 1. The van der Waals surface area contributed by atoms with Crippen LogP contribution < -0.4 is 10.6 Å². The molecule has 1 aromatic heterocycles. The lowest BCUT2D eigenvalue weighted by Crippen LogP contribution is -2.45. The lowest BCUT2D eigenvalue weighted by atomic mass is 9.89. The fourth-order valence-electron chi connectivity index (χ4n) is 4.76. The van der Waals surface area contributed by atoms with E-state index in [9.17, 15) is 0 Å². The zero-order valence-corrected chi connectivity index (χ0v) is 19.7. The zero-order chi connectivity index (χ0) is 21.5. The van der Waals surface area contributed by atoms with Crippen molar-refractivity contribution in [2.75, 3.05) is 39.8 Å². The highest BCUT2D eigenvalue weighted by molar-refractivity contribution is 7.10. The fraction of sp³-hybridized carbons (Fsp3) is 0.560. The number of hydrogen-bond acceptors (Lipinski definition) is 4. The average molecular weight is 441 g/mol. The van der Waals surface area contributed by atoms with Crippen molar-refractivity contribution in [2.24, 2.45) is 10.9 Å². The Morgan fingerprint density at radius 2 is 1.97 bits per heavy atom. The molecule has 0 radical (unpaired) electrons. The van der Waals surface area contributed by atoms with Gasteiger partial charge in [0.2, 0.25) is 0 Å². The van der Waals surface area contributed by atoms with E-state index in [1.807, 2.05) is 18.4 Å². The van der Waals surface area contributed by atoms with Crippen molar-refractivity contribution in [1.29, 1.82) is 0 Å². The van der Waals surface area contributed by atoms with Gasteiger partial charge in [0.25, 0.3) is 0 Å². The SMILES string of the molecule is CN=C(NCC1CCCOC1c1ccc(C)cc1)NCC(c1cccs1)N1CCCC1. The van der Waals surface area contributed by atoms with Crippen LogP contribution in [0.3, 0.4) is 0 Å². The number of ether oxygens (including phenoxy) is 1. The third-order valence-corrected chi connectivity index (χ3v) is 7.50. The fourth-order valence-corrected chi connectivity index (χ4v) is 5.62. The maximum atomic E-state index is 6.19. The molecule has 0 amide bonds. The van der Waals surface area contributed by atoms with Crippen molar-refractivity contribution in [3.8, 4) is 0 Å². The van der Waals surface area contributed by atoms with Crippen LogP contribution >= 0.6 is 11.3 Å². The molecule has 6 heteroatoms. The van der Waals surface area contributed by atoms with Gasteiger partial charge < -0.3 is 15.4 Å². The maximum Gasteiger partial charge on any atom is 0.191 e. The Kier molecular flexibility index (Phi) is 8.00. The summed E-state index contributed by atoms with van der Waals surface area (Å²) in [6.07, 6.45) is 5.06. The minimum Gasteiger partial charge on any atom is -0.373 e. The van der Waals surface area contributed by atoms with Crippen molar-refractivity contribution in [3.63, 3.8) is 0 Å². The van der Waals surface area contributed by atoms with E-state index < -0.39 is 0 Å². The smallest absolute Gasteiger partial charge is 0.191 e. The summed E-state index contributed by atoms with van der Waals surface area (Å²) in [6.45, 7) is 7.10. The number of thiophene rings is 1. The number of likely N-dealkylation sites (tertiary alicyclic amines) is 1. The molecule has 4 rings (SSSR count). The molecule has 2 fully saturated rings. The van der Waals surface area contributed by atoms with E-state index in [-0.39, 0.29) is 6.10 Å². The van der Waals surface area contributed by atoms with Gasteiger partial charge >= 0.3 is 0 Å². The third-order valence-electron chi connectivity index (χ3n) is 6.52. The summed E-state index contributed by atoms with van der Waals surface area (Å²) in [6, 6.07) is 13.6. The molecule has 3 atom stereocenters. The lowest BCUT2D eigenvalue weighted by molar-refractivity contribution is -0.0265. The number of rotatable bonds is 7. The van der Waals surface area contributed by atoms with Gasteiger partial charge in [0.05, 0.1) is 12.1 Å². The Morgan fingerprint density at radius 3 is 2.68 bits per heavy atom. The summed E-state index contributed by atoms with van der Waals surface area (Å²) in [5.41, 5.74) is 2.57. The minimum absolute atomic E-state index is 0.156. The number of nitrogens with one attached hydrogen (secondary N) is 2. The van der Waals surface area contributed by atoms with Crippen LogP contribution in [0.2, 0.25) is 0 Å². The first-order chi connectivity index (χ1) is 15.2. The molecule has 168 valence electrons. The second-order valence-electron chi connectivity index (χ2n) is 8.71. The van der Waals surface area contributed by atoms with Crippen molar-refractivity contribution in [2.45, 2.75) is 44.8 Å². The average Bonchev–Trinajstić information content (AvgIpc) is 3.52. The highest BCUT2D eigenvalue weighted by Gasteiger charge is 2.28. The summed E-state index contributed by atoms with van der Waals surface area (Å²) < 4.78 is 6.19. The summed E-state index contributed by atoms with van der Waals surface area (Å²) in [5, 5.41) is 9.37. The number of aliphatic imine (C=N–C) groups is 1. The van der Waals surface area contributed by atoms with Gasteiger partial charge in [-0.2, -0.15) is 0 Å². The second kappa shape index (κ2) is 11.1. The first kappa shape index (κ1) is 22.3. The summed E-state index contributed by atoms with van der Waals surface area (Å²) in [5.74, 6) is 1.33. The number of nitrogens with zero attached hydrogens (tertiary/aromatic N) is 2. The van der Waals surface area contributed by atoms with Gasteiger partial charge in [-0.3, -0.25) is 9.89 Å². The number of aryl methyl sites for hydroxylation is 1. The topological polar surface area (TPSA) is 48.9 Å². The van der Waals surface area contributed by atoms with Crippen LogP contribution in [0, 0.1) is 12.8 Å². The van der Waals surface area contributed by atoms with Gasteiger partial charge in [-0.05, 0) is 62.7 Å². The Morgan fingerprint density at radius 1 is 1.16 bits per heavy atom. The Bertz CT molecular complexity index is 815. The first-order valence-electron chi connectivity index (χ1n) is 11.6. The number of guanidine groups is 1. The predicted octanol–water partition coefficient (Wildman–Crippen LogP) is 4.53. The molecule has 0 aliphatic carbocycles. The van der Waals surface area contributed by atoms with E-state index >= 15 is 0 Å². The van der Waals surface area contributed by atoms with Gasteiger partial charge in [-0.1, -0.05) is 35.9 Å². The highest BCUT2D eigenvalue weighted by Crippen LogP contribution is 2.33. The predicted molar refractivity (Wildman–Crippen MR) is 130 cm³/mol. The molecule has 2 aliphatic heterocycles. The first-order valence-corrected chi connectivity index (χ1v) is 12.5. The van der Waals surface area contributed by atoms with E-state index in [4.69, 9.17) is 4.74 Å². The van der Waals surface area contributed by atoms with Crippen LogP contribution in [-0.4, -0.2) is 50.7 Å². The molecular weight excluding hydrogens is 404 g/mol. The summed E-state index contributed by atoms with van der Waals surface area (Å²) in [4.78, 5) is 8.54. The lowest BCUT2D eigenvalue weighted by Gasteiger charge is -2.33. The van der Waals surface area contributed by atoms with Gasteiger partial charge in [0, 0.05) is 37.5 Å². The molecule has 2 aliphatic rings. The van der Waals surface area contributed by atoms with Crippen LogP contribution in [-0.2, 0) is 4.74 Å². The van der Waals surface area contributed by atoms with E-state index in [0.717, 1.165) is 32.1 Å². The molecule has 2 N–H and O–H groups in total. The molecule has 2 saturated heterocycles. The Labute approximate surface area is 190 Å². The van der Waals surface area contributed by atoms with E-state index in [1.165, 1.54) is 48.4 Å². The van der Waals surface area contributed by atoms with Crippen molar-refractivity contribution < 1.29 is 4.74 Å².